The van der Waals surface area contributed by atoms with E-state index in [9.17, 15) is 9.59 Å². The molecule has 9 nitrogen and oxygen atoms in total. The summed E-state index contributed by atoms with van der Waals surface area (Å²) in [5, 5.41) is 3.65. The number of carbonyl (C=O) groups is 2. The lowest BCUT2D eigenvalue weighted by Crippen LogP contribution is -2.36. The van der Waals surface area contributed by atoms with E-state index in [0.29, 0.717) is 40.4 Å². The molecule has 1 heterocycles. The summed E-state index contributed by atoms with van der Waals surface area (Å²) in [5.41, 5.74) is 11.7. The second-order valence-electron chi connectivity index (χ2n) is 6.71. The molecular formula is C22H28N4O5. The number of hydrogen-bond donors (Lipinski definition) is 0. The Morgan fingerprint density at radius 1 is 1.03 bits per heavy atom. The Hall–Kier alpha value is -3.29. The van der Waals surface area contributed by atoms with Crippen molar-refractivity contribution in [2.75, 3.05) is 26.6 Å². The minimum atomic E-state index is -0.746. The van der Waals surface area contributed by atoms with Crippen LogP contribution < -0.4 is 0 Å². The molecule has 1 aliphatic heterocycles. The molecule has 31 heavy (non-hydrogen) atoms. The van der Waals surface area contributed by atoms with Gasteiger partial charge in [-0.15, -0.1) is 0 Å². The Bertz CT molecular complexity index is 905. The molecule has 0 aromatic heterocycles. The van der Waals surface area contributed by atoms with E-state index in [4.69, 9.17) is 19.7 Å². The highest BCUT2D eigenvalue weighted by atomic mass is 16.5. The van der Waals surface area contributed by atoms with Crippen molar-refractivity contribution in [1.29, 1.82) is 0 Å². The molecule has 0 aliphatic carbocycles. The first-order chi connectivity index (χ1) is 14.9. The van der Waals surface area contributed by atoms with Crippen molar-refractivity contribution in [3.63, 3.8) is 0 Å². The summed E-state index contributed by atoms with van der Waals surface area (Å²) in [5.74, 6) is -1.81. The van der Waals surface area contributed by atoms with Crippen LogP contribution in [0, 0.1) is 0 Å². The highest BCUT2D eigenvalue weighted by Gasteiger charge is 2.40. The quantitative estimate of drug-likeness (QED) is 0.244. The van der Waals surface area contributed by atoms with Gasteiger partial charge in [0.1, 0.15) is 6.73 Å². The predicted molar refractivity (Wildman–Crippen MR) is 115 cm³/mol. The molecule has 1 aromatic carbocycles. The second-order valence-corrected chi connectivity index (χ2v) is 6.71. The molecule has 0 fully saturated rings. The average Bonchev–Trinajstić information content (AvgIpc) is 2.74. The van der Waals surface area contributed by atoms with Gasteiger partial charge in [-0.05, 0) is 51.8 Å². The van der Waals surface area contributed by atoms with Crippen molar-refractivity contribution in [3.8, 4) is 0 Å². The maximum absolute atomic E-state index is 13.1. The Kier molecular flexibility index (Phi) is 8.66. The van der Waals surface area contributed by atoms with E-state index in [-0.39, 0.29) is 19.9 Å². The van der Waals surface area contributed by atoms with Gasteiger partial charge in [-0.3, -0.25) is 0 Å². The first-order valence-corrected chi connectivity index (χ1v) is 10.2. The van der Waals surface area contributed by atoms with Crippen LogP contribution in [0.2, 0.25) is 0 Å². The van der Waals surface area contributed by atoms with Crippen molar-refractivity contribution in [2.45, 2.75) is 40.5 Å². The van der Waals surface area contributed by atoms with Crippen LogP contribution in [0.25, 0.3) is 10.4 Å². The smallest absolute Gasteiger partial charge is 0.336 e. The Labute approximate surface area is 181 Å². The molecule has 0 N–H and O–H groups in total. The number of benzene rings is 1. The van der Waals surface area contributed by atoms with Crippen LogP contribution >= 0.6 is 0 Å². The number of carbonyl (C=O) groups excluding carboxylic acids is 2. The third kappa shape index (κ3) is 5.25. The van der Waals surface area contributed by atoms with Gasteiger partial charge in [0.15, 0.2) is 0 Å². The van der Waals surface area contributed by atoms with Gasteiger partial charge < -0.3 is 19.1 Å². The van der Waals surface area contributed by atoms with Crippen LogP contribution in [0.15, 0.2) is 51.9 Å². The highest BCUT2D eigenvalue weighted by molar-refractivity contribution is 6.00. The Morgan fingerprint density at radius 3 is 2.10 bits per heavy atom. The number of rotatable bonds is 9. The van der Waals surface area contributed by atoms with E-state index in [1.54, 1.807) is 56.9 Å². The number of ether oxygens (including phenoxy) is 3. The zero-order chi connectivity index (χ0) is 23.0. The molecule has 0 saturated heterocycles. The molecule has 0 atom stereocenters. The van der Waals surface area contributed by atoms with Crippen LogP contribution in [0.3, 0.4) is 0 Å². The third-order valence-electron chi connectivity index (χ3n) is 4.95. The fourth-order valence-corrected chi connectivity index (χ4v) is 3.58. The Balaban J connectivity index is 2.78. The zero-order valence-electron chi connectivity index (χ0n) is 18.5. The van der Waals surface area contributed by atoms with Gasteiger partial charge in [0.05, 0.1) is 30.3 Å². The van der Waals surface area contributed by atoms with E-state index in [1.165, 1.54) is 0 Å². The standard InChI is InChI=1S/C22H28N4O5/c1-6-29-13-26-14(4)18(21(27)30-7-2)20(19(15(26)5)22(28)31-8-3)16-10-9-11-17(12-16)24-25-23/h9-12,20H,6-8,13H2,1-5H3. The van der Waals surface area contributed by atoms with Gasteiger partial charge in [-0.1, -0.05) is 23.3 Å². The zero-order valence-corrected chi connectivity index (χ0v) is 18.5. The molecule has 0 unspecified atom stereocenters. The second kappa shape index (κ2) is 11.2. The van der Waals surface area contributed by atoms with Gasteiger partial charge in [0, 0.05) is 28.6 Å². The first-order valence-electron chi connectivity index (χ1n) is 10.2. The Morgan fingerprint density at radius 2 is 1.61 bits per heavy atom. The number of esters is 2. The lowest BCUT2D eigenvalue weighted by molar-refractivity contribution is -0.139. The summed E-state index contributed by atoms with van der Waals surface area (Å²) in [6.45, 7) is 9.91. The lowest BCUT2D eigenvalue weighted by Gasteiger charge is -2.37. The molecule has 1 aromatic rings. The highest BCUT2D eigenvalue weighted by Crippen LogP contribution is 2.43. The molecule has 0 radical (unpaired) electrons. The van der Waals surface area contributed by atoms with Crippen LogP contribution in [-0.4, -0.2) is 43.4 Å². The normalized spacial score (nSPS) is 14.4. The van der Waals surface area contributed by atoms with Crippen LogP contribution in [0.1, 0.15) is 46.1 Å². The third-order valence-corrected chi connectivity index (χ3v) is 4.95. The van der Waals surface area contributed by atoms with Gasteiger partial charge in [0.2, 0.25) is 0 Å². The molecule has 0 saturated carbocycles. The van der Waals surface area contributed by atoms with Gasteiger partial charge in [0.25, 0.3) is 0 Å². The maximum Gasteiger partial charge on any atom is 0.336 e. The fourth-order valence-electron chi connectivity index (χ4n) is 3.58. The molecule has 9 heteroatoms. The summed E-state index contributed by atoms with van der Waals surface area (Å²) < 4.78 is 16.3. The molecule has 0 bridgehead atoms. The average molecular weight is 428 g/mol. The first kappa shape index (κ1) is 24.0. The SMILES string of the molecule is CCOCN1C(C)=C(C(=O)OCC)C(c2cccc(N=[N+]=[N-])c2)C(C(=O)OCC)=C1C. The van der Waals surface area contributed by atoms with Crippen molar-refractivity contribution in [2.24, 2.45) is 5.11 Å². The summed E-state index contributed by atoms with van der Waals surface area (Å²) in [4.78, 5) is 30.7. The summed E-state index contributed by atoms with van der Waals surface area (Å²) in [6.07, 6.45) is 0. The molecule has 2 rings (SSSR count). The summed E-state index contributed by atoms with van der Waals surface area (Å²) >= 11 is 0. The predicted octanol–water partition coefficient (Wildman–Crippen LogP) is 4.70. The van der Waals surface area contributed by atoms with Gasteiger partial charge in [-0.25, -0.2) is 9.59 Å². The minimum Gasteiger partial charge on any atom is -0.463 e. The van der Waals surface area contributed by atoms with Crippen molar-refractivity contribution < 1.29 is 23.8 Å². The number of nitrogens with zero attached hydrogens (tertiary/aromatic N) is 4. The number of azide groups is 1. The summed E-state index contributed by atoms with van der Waals surface area (Å²) in [6, 6.07) is 6.79. The molecule has 0 spiro atoms. The number of hydrogen-bond acceptors (Lipinski definition) is 7. The minimum absolute atomic E-state index is 0.172. The van der Waals surface area contributed by atoms with E-state index >= 15 is 0 Å². The number of allylic oxidation sites excluding steroid dienone is 2. The van der Waals surface area contributed by atoms with Gasteiger partial charge in [-0.2, -0.15) is 0 Å². The largest absolute Gasteiger partial charge is 0.463 e. The van der Waals surface area contributed by atoms with Gasteiger partial charge >= 0.3 is 11.9 Å². The van der Waals surface area contributed by atoms with E-state index in [1.807, 2.05) is 6.92 Å². The van der Waals surface area contributed by atoms with E-state index in [0.717, 1.165) is 0 Å². The molecular weight excluding hydrogens is 400 g/mol. The van der Waals surface area contributed by atoms with Crippen molar-refractivity contribution >= 4 is 17.6 Å². The molecule has 0 amide bonds. The van der Waals surface area contributed by atoms with E-state index < -0.39 is 17.9 Å². The van der Waals surface area contributed by atoms with E-state index in [2.05, 4.69) is 10.0 Å². The van der Waals surface area contributed by atoms with Crippen molar-refractivity contribution in [3.05, 3.63) is 62.8 Å². The molecule has 166 valence electrons. The fraction of sp³-hybridized carbons (Fsp3) is 0.455. The molecule has 1 aliphatic rings. The van der Waals surface area contributed by atoms with Crippen LogP contribution in [-0.2, 0) is 23.8 Å². The van der Waals surface area contributed by atoms with Crippen molar-refractivity contribution in [1.82, 2.24) is 4.90 Å². The monoisotopic (exact) mass is 428 g/mol. The lowest BCUT2D eigenvalue weighted by atomic mass is 9.79. The van der Waals surface area contributed by atoms with Crippen LogP contribution in [0.5, 0.6) is 0 Å². The van der Waals surface area contributed by atoms with Crippen LogP contribution in [0.4, 0.5) is 5.69 Å². The maximum atomic E-state index is 13.1. The summed E-state index contributed by atoms with van der Waals surface area (Å²) in [7, 11) is 0. The topological polar surface area (TPSA) is 114 Å².